The summed E-state index contributed by atoms with van der Waals surface area (Å²) in [4.78, 5) is 36.9. The van der Waals surface area contributed by atoms with Crippen molar-refractivity contribution in [2.45, 2.75) is 32.9 Å². The first kappa shape index (κ1) is 20.6. The van der Waals surface area contributed by atoms with Gasteiger partial charge in [0.15, 0.2) is 0 Å². The van der Waals surface area contributed by atoms with Gasteiger partial charge < -0.3 is 4.74 Å². The summed E-state index contributed by atoms with van der Waals surface area (Å²) in [7, 11) is 0. The van der Waals surface area contributed by atoms with E-state index in [-0.39, 0.29) is 29.5 Å². The minimum atomic E-state index is -0.454. The quantitative estimate of drug-likeness (QED) is 0.361. The summed E-state index contributed by atoms with van der Waals surface area (Å²) in [6.07, 6.45) is 2.34. The molecule has 1 atom stereocenters. The third-order valence-corrected chi connectivity index (χ3v) is 5.46. The highest BCUT2D eigenvalue weighted by Gasteiger charge is 2.37. The van der Waals surface area contributed by atoms with Crippen molar-refractivity contribution in [3.05, 3.63) is 74.7 Å². The highest BCUT2D eigenvalue weighted by atomic mass is 32.2. The Labute approximate surface area is 172 Å². The van der Waals surface area contributed by atoms with E-state index < -0.39 is 4.92 Å². The summed E-state index contributed by atoms with van der Waals surface area (Å²) in [5.74, 6) is 0.220. The standard InChI is InChI=1S/C21H20N2O5S/c1-3-14(2)22-20(24)19(29-21(22)25)12-16-8-4-5-10-18(16)28-13-15-7-6-9-17(11-15)23(26)27/h4-12,14H,3,13H2,1-2H3/b19-12+/t14-/m0/s1. The molecule has 0 radical (unpaired) electrons. The van der Waals surface area contributed by atoms with E-state index in [1.807, 2.05) is 19.9 Å². The number of benzene rings is 2. The molecule has 29 heavy (non-hydrogen) atoms. The summed E-state index contributed by atoms with van der Waals surface area (Å²) in [6.45, 7) is 3.91. The van der Waals surface area contributed by atoms with Crippen molar-refractivity contribution < 1.29 is 19.2 Å². The highest BCUT2D eigenvalue weighted by Crippen LogP contribution is 2.35. The molecule has 1 aliphatic heterocycles. The molecule has 2 aromatic rings. The van der Waals surface area contributed by atoms with Crippen LogP contribution in [0.1, 0.15) is 31.4 Å². The van der Waals surface area contributed by atoms with Crippen molar-refractivity contribution in [3.8, 4) is 5.75 Å². The maximum atomic E-state index is 12.6. The number of amides is 2. The molecule has 2 aromatic carbocycles. The number of nitrogens with zero attached hydrogens (tertiary/aromatic N) is 2. The number of hydrogen-bond donors (Lipinski definition) is 0. The van der Waals surface area contributed by atoms with E-state index in [2.05, 4.69) is 0 Å². The van der Waals surface area contributed by atoms with E-state index in [0.717, 1.165) is 11.8 Å². The first-order chi connectivity index (χ1) is 13.9. The lowest BCUT2D eigenvalue weighted by Gasteiger charge is -2.19. The molecule has 8 heteroatoms. The lowest BCUT2D eigenvalue weighted by Crippen LogP contribution is -2.36. The number of ether oxygens (including phenoxy) is 1. The number of hydrogen-bond acceptors (Lipinski definition) is 6. The van der Waals surface area contributed by atoms with Crippen LogP contribution in [0, 0.1) is 10.1 Å². The second-order valence-corrected chi connectivity index (χ2v) is 7.56. The number of carbonyl (C=O) groups excluding carboxylic acids is 2. The normalized spacial score (nSPS) is 16.3. The molecule has 0 N–H and O–H groups in total. The van der Waals surface area contributed by atoms with Gasteiger partial charge in [0.1, 0.15) is 12.4 Å². The Kier molecular flexibility index (Phi) is 6.33. The smallest absolute Gasteiger partial charge is 0.293 e. The number of thioether (sulfide) groups is 1. The molecule has 0 spiro atoms. The Morgan fingerprint density at radius 3 is 2.69 bits per heavy atom. The van der Waals surface area contributed by atoms with Crippen LogP contribution in [-0.4, -0.2) is 27.0 Å². The van der Waals surface area contributed by atoms with Gasteiger partial charge in [0.25, 0.3) is 16.8 Å². The van der Waals surface area contributed by atoms with Crippen molar-refractivity contribution >= 4 is 34.7 Å². The zero-order valence-electron chi connectivity index (χ0n) is 16.0. The van der Waals surface area contributed by atoms with Crippen LogP contribution in [0.25, 0.3) is 6.08 Å². The molecule has 0 saturated carbocycles. The van der Waals surface area contributed by atoms with E-state index in [4.69, 9.17) is 4.74 Å². The van der Waals surface area contributed by atoms with Crippen LogP contribution in [0.15, 0.2) is 53.4 Å². The lowest BCUT2D eigenvalue weighted by molar-refractivity contribution is -0.384. The molecule has 0 unspecified atom stereocenters. The van der Waals surface area contributed by atoms with Gasteiger partial charge in [-0.05, 0) is 42.8 Å². The fourth-order valence-electron chi connectivity index (χ4n) is 2.84. The number of imide groups is 1. The van der Waals surface area contributed by atoms with E-state index in [1.54, 1.807) is 36.4 Å². The monoisotopic (exact) mass is 412 g/mol. The molecule has 0 aromatic heterocycles. The van der Waals surface area contributed by atoms with Gasteiger partial charge in [0.2, 0.25) is 0 Å². The Morgan fingerprint density at radius 2 is 1.97 bits per heavy atom. The van der Waals surface area contributed by atoms with Crippen molar-refractivity contribution in [1.82, 2.24) is 4.90 Å². The fraction of sp³-hybridized carbons (Fsp3) is 0.238. The number of para-hydroxylation sites is 1. The second kappa shape index (κ2) is 8.91. The van der Waals surface area contributed by atoms with Gasteiger partial charge in [-0.25, -0.2) is 0 Å². The summed E-state index contributed by atoms with van der Waals surface area (Å²) in [6, 6.07) is 13.2. The number of nitro benzene ring substituents is 1. The van der Waals surface area contributed by atoms with E-state index in [0.29, 0.717) is 28.2 Å². The summed E-state index contributed by atoms with van der Waals surface area (Å²) in [5.41, 5.74) is 1.32. The largest absolute Gasteiger partial charge is 0.488 e. The summed E-state index contributed by atoms with van der Waals surface area (Å²) in [5, 5.41) is 10.6. The molecule has 7 nitrogen and oxygen atoms in total. The van der Waals surface area contributed by atoms with E-state index in [1.165, 1.54) is 17.0 Å². The molecule has 150 valence electrons. The van der Waals surface area contributed by atoms with Crippen molar-refractivity contribution in [2.75, 3.05) is 0 Å². The van der Waals surface area contributed by atoms with Crippen LogP contribution in [0.3, 0.4) is 0 Å². The summed E-state index contributed by atoms with van der Waals surface area (Å²) < 4.78 is 5.84. The molecule has 1 heterocycles. The van der Waals surface area contributed by atoms with Crippen LogP contribution < -0.4 is 4.74 Å². The van der Waals surface area contributed by atoms with Crippen molar-refractivity contribution in [1.29, 1.82) is 0 Å². The Morgan fingerprint density at radius 1 is 1.21 bits per heavy atom. The van der Waals surface area contributed by atoms with Gasteiger partial charge in [-0.15, -0.1) is 0 Å². The minimum Gasteiger partial charge on any atom is -0.488 e. The Bertz CT molecular complexity index is 989. The van der Waals surface area contributed by atoms with Gasteiger partial charge in [-0.1, -0.05) is 37.3 Å². The van der Waals surface area contributed by atoms with Crippen LogP contribution in [-0.2, 0) is 11.4 Å². The lowest BCUT2D eigenvalue weighted by atomic mass is 10.1. The predicted molar refractivity (Wildman–Crippen MR) is 111 cm³/mol. The van der Waals surface area contributed by atoms with Crippen LogP contribution in [0.4, 0.5) is 10.5 Å². The number of nitro groups is 1. The predicted octanol–water partition coefficient (Wildman–Crippen LogP) is 5.01. The van der Waals surface area contributed by atoms with Gasteiger partial charge >= 0.3 is 0 Å². The molecule has 3 rings (SSSR count). The molecule has 0 bridgehead atoms. The Balaban J connectivity index is 1.80. The second-order valence-electron chi connectivity index (χ2n) is 6.56. The number of rotatable bonds is 7. The maximum absolute atomic E-state index is 12.6. The molecule has 2 amide bonds. The van der Waals surface area contributed by atoms with Gasteiger partial charge in [-0.3, -0.25) is 24.6 Å². The van der Waals surface area contributed by atoms with E-state index in [9.17, 15) is 19.7 Å². The molecule has 1 fully saturated rings. The molecular weight excluding hydrogens is 392 g/mol. The highest BCUT2D eigenvalue weighted by molar-refractivity contribution is 8.18. The number of non-ortho nitro benzene ring substituents is 1. The average Bonchev–Trinajstić information content (AvgIpc) is 3.00. The average molecular weight is 412 g/mol. The van der Waals surface area contributed by atoms with Crippen LogP contribution >= 0.6 is 11.8 Å². The van der Waals surface area contributed by atoms with Crippen LogP contribution in [0.2, 0.25) is 0 Å². The van der Waals surface area contributed by atoms with Gasteiger partial charge in [-0.2, -0.15) is 0 Å². The third-order valence-electron chi connectivity index (χ3n) is 4.58. The maximum Gasteiger partial charge on any atom is 0.293 e. The number of carbonyl (C=O) groups is 2. The van der Waals surface area contributed by atoms with Crippen LogP contribution in [0.5, 0.6) is 5.75 Å². The van der Waals surface area contributed by atoms with Crippen molar-refractivity contribution in [2.24, 2.45) is 0 Å². The molecule has 1 aliphatic rings. The zero-order valence-corrected chi connectivity index (χ0v) is 16.8. The van der Waals surface area contributed by atoms with Gasteiger partial charge in [0.05, 0.1) is 9.83 Å². The first-order valence-corrected chi connectivity index (χ1v) is 9.94. The molecular formula is C21H20N2O5S. The van der Waals surface area contributed by atoms with Gasteiger partial charge in [0, 0.05) is 23.7 Å². The topological polar surface area (TPSA) is 89.8 Å². The van der Waals surface area contributed by atoms with Crippen molar-refractivity contribution in [3.63, 3.8) is 0 Å². The SMILES string of the molecule is CC[C@H](C)N1C(=O)S/C(=C/c2ccccc2OCc2cccc([N+](=O)[O-])c2)C1=O. The first-order valence-electron chi connectivity index (χ1n) is 9.13. The minimum absolute atomic E-state index is 0.00176. The fourth-order valence-corrected chi connectivity index (χ4v) is 3.76. The third kappa shape index (κ3) is 4.65. The zero-order chi connectivity index (χ0) is 21.0. The van der Waals surface area contributed by atoms with E-state index >= 15 is 0 Å². The molecule has 0 aliphatic carbocycles. The Hall–Kier alpha value is -3.13. The summed E-state index contributed by atoms with van der Waals surface area (Å²) >= 11 is 0.917. The molecule has 1 saturated heterocycles.